The lowest BCUT2D eigenvalue weighted by Gasteiger charge is -2.22. The van der Waals surface area contributed by atoms with Crippen molar-refractivity contribution in [2.75, 3.05) is 13.6 Å². The fraction of sp³-hybridized carbons (Fsp3) is 0.389. The van der Waals surface area contributed by atoms with E-state index >= 15 is 0 Å². The van der Waals surface area contributed by atoms with E-state index in [9.17, 15) is 9.90 Å². The molecule has 0 radical (unpaired) electrons. The smallest absolute Gasteiger partial charge is 0.275 e. The van der Waals surface area contributed by atoms with Crippen LogP contribution < -0.4 is 10.2 Å². The molecule has 2 aromatic rings. The van der Waals surface area contributed by atoms with Crippen molar-refractivity contribution >= 4 is 16.7 Å². The fourth-order valence-electron chi connectivity index (χ4n) is 2.61. The van der Waals surface area contributed by atoms with Crippen LogP contribution in [0.4, 0.5) is 0 Å². The van der Waals surface area contributed by atoms with Crippen LogP contribution >= 0.6 is 0 Å². The van der Waals surface area contributed by atoms with Gasteiger partial charge >= 0.3 is 0 Å². The van der Waals surface area contributed by atoms with Gasteiger partial charge in [-0.1, -0.05) is 30.3 Å². The van der Waals surface area contributed by atoms with Crippen molar-refractivity contribution in [1.29, 1.82) is 0 Å². The van der Waals surface area contributed by atoms with E-state index < -0.39 is 0 Å². The Hall–Kier alpha value is -2.07. The molecule has 22 heavy (non-hydrogen) atoms. The number of hydrogen-bond donors (Lipinski definition) is 3. The molecule has 0 aliphatic rings. The second-order valence-electron chi connectivity index (χ2n) is 6.89. The molecule has 2 rings (SSSR count). The van der Waals surface area contributed by atoms with Gasteiger partial charge in [-0.3, -0.25) is 4.79 Å². The molecule has 0 aromatic heterocycles. The Labute approximate surface area is 131 Å². The number of nitrogens with one attached hydrogen (secondary N) is 2. The van der Waals surface area contributed by atoms with Crippen LogP contribution in [0, 0.1) is 0 Å². The highest BCUT2D eigenvalue weighted by molar-refractivity contribution is 5.87. The average molecular weight is 301 g/mol. The van der Waals surface area contributed by atoms with Gasteiger partial charge in [0, 0.05) is 5.54 Å². The Kier molecular flexibility index (Phi) is 4.71. The van der Waals surface area contributed by atoms with Crippen LogP contribution in [0.1, 0.15) is 26.3 Å². The summed E-state index contributed by atoms with van der Waals surface area (Å²) in [5.74, 6) is 0.305. The van der Waals surface area contributed by atoms with E-state index in [1.807, 2.05) is 58.2 Å². The third-order valence-corrected chi connectivity index (χ3v) is 3.47. The van der Waals surface area contributed by atoms with Crippen LogP contribution in [0.5, 0.6) is 5.75 Å². The molecule has 0 aliphatic carbocycles. The van der Waals surface area contributed by atoms with Crippen molar-refractivity contribution in [3.8, 4) is 5.75 Å². The number of quaternary nitrogens is 1. The maximum atomic E-state index is 12.0. The number of carbonyl (C=O) groups is 1. The summed E-state index contributed by atoms with van der Waals surface area (Å²) < 4.78 is 0. The first-order valence-corrected chi connectivity index (χ1v) is 7.58. The molecular weight excluding hydrogens is 276 g/mol. The molecule has 0 aliphatic heterocycles. The zero-order valence-corrected chi connectivity index (χ0v) is 13.7. The summed E-state index contributed by atoms with van der Waals surface area (Å²) in [7, 11) is 1.96. The SMILES string of the molecule is C[NH+](CC(=O)NC(C)(C)C)Cc1c(O)ccc2ccccc12. The van der Waals surface area contributed by atoms with Gasteiger partial charge in [-0.05, 0) is 37.6 Å². The summed E-state index contributed by atoms with van der Waals surface area (Å²) in [5, 5.41) is 15.3. The Morgan fingerprint density at radius 3 is 2.55 bits per heavy atom. The van der Waals surface area contributed by atoms with Gasteiger partial charge in [0.2, 0.25) is 0 Å². The quantitative estimate of drug-likeness (QED) is 0.801. The Bertz CT molecular complexity index is 674. The molecule has 0 bridgehead atoms. The lowest BCUT2D eigenvalue weighted by molar-refractivity contribution is -0.885. The topological polar surface area (TPSA) is 53.8 Å². The van der Waals surface area contributed by atoms with E-state index in [2.05, 4.69) is 5.32 Å². The van der Waals surface area contributed by atoms with Crippen molar-refractivity contribution in [1.82, 2.24) is 5.32 Å². The van der Waals surface area contributed by atoms with Gasteiger partial charge in [0.1, 0.15) is 12.3 Å². The monoisotopic (exact) mass is 301 g/mol. The van der Waals surface area contributed by atoms with Crippen LogP contribution in [0.3, 0.4) is 0 Å². The van der Waals surface area contributed by atoms with Crippen molar-refractivity contribution < 1.29 is 14.8 Å². The molecule has 118 valence electrons. The number of fused-ring (bicyclic) bond motifs is 1. The molecule has 0 saturated heterocycles. The largest absolute Gasteiger partial charge is 0.507 e. The van der Waals surface area contributed by atoms with Crippen LogP contribution in [0.2, 0.25) is 0 Å². The number of phenols is 1. The first-order valence-electron chi connectivity index (χ1n) is 7.58. The predicted octanol–water partition coefficient (Wildman–Crippen LogP) is 1.47. The zero-order chi connectivity index (χ0) is 16.3. The lowest BCUT2D eigenvalue weighted by Crippen LogP contribution is -3.09. The van der Waals surface area contributed by atoms with Gasteiger partial charge < -0.3 is 15.3 Å². The number of likely N-dealkylation sites (N-methyl/N-ethyl adjacent to an activating group) is 1. The maximum absolute atomic E-state index is 12.0. The molecule has 4 nitrogen and oxygen atoms in total. The minimum absolute atomic E-state index is 0.0183. The van der Waals surface area contributed by atoms with E-state index in [-0.39, 0.29) is 17.2 Å². The number of amides is 1. The first kappa shape index (κ1) is 16.3. The second kappa shape index (κ2) is 6.36. The summed E-state index contributed by atoms with van der Waals surface area (Å²) in [4.78, 5) is 13.0. The first-order chi connectivity index (χ1) is 10.3. The zero-order valence-electron chi connectivity index (χ0n) is 13.7. The van der Waals surface area contributed by atoms with Gasteiger partial charge in [0.05, 0.1) is 12.6 Å². The van der Waals surface area contributed by atoms with Gasteiger partial charge in [-0.2, -0.15) is 0 Å². The third kappa shape index (κ3) is 4.21. The Balaban J connectivity index is 2.13. The third-order valence-electron chi connectivity index (χ3n) is 3.47. The van der Waals surface area contributed by atoms with E-state index in [0.29, 0.717) is 13.1 Å². The Morgan fingerprint density at radius 2 is 1.86 bits per heavy atom. The normalized spacial score (nSPS) is 13.1. The molecule has 2 aromatic carbocycles. The molecule has 0 heterocycles. The number of aromatic hydroxyl groups is 1. The summed E-state index contributed by atoms with van der Waals surface area (Å²) in [6, 6.07) is 11.6. The number of carbonyl (C=O) groups excluding carboxylic acids is 1. The molecular formula is C18H25N2O2+. The van der Waals surface area contributed by atoms with Crippen LogP contribution in [0.25, 0.3) is 10.8 Å². The molecule has 0 fully saturated rings. The van der Waals surface area contributed by atoms with E-state index in [1.54, 1.807) is 6.07 Å². The van der Waals surface area contributed by atoms with Crippen LogP contribution in [-0.4, -0.2) is 30.1 Å². The van der Waals surface area contributed by atoms with E-state index in [0.717, 1.165) is 21.2 Å². The number of phenolic OH excluding ortho intramolecular Hbond substituents is 1. The maximum Gasteiger partial charge on any atom is 0.275 e. The summed E-state index contributed by atoms with van der Waals surface area (Å²) in [6.45, 7) is 6.88. The molecule has 0 spiro atoms. The van der Waals surface area contributed by atoms with Gasteiger partial charge in [0.25, 0.3) is 5.91 Å². The fourth-order valence-corrected chi connectivity index (χ4v) is 2.61. The summed E-state index contributed by atoms with van der Waals surface area (Å²) in [6.07, 6.45) is 0. The highest BCUT2D eigenvalue weighted by Gasteiger charge is 2.18. The second-order valence-corrected chi connectivity index (χ2v) is 6.89. The van der Waals surface area contributed by atoms with E-state index in [4.69, 9.17) is 0 Å². The minimum atomic E-state index is -0.223. The summed E-state index contributed by atoms with van der Waals surface area (Å²) >= 11 is 0. The lowest BCUT2D eigenvalue weighted by atomic mass is 10.0. The number of rotatable bonds is 4. The van der Waals surface area contributed by atoms with Gasteiger partial charge in [-0.15, -0.1) is 0 Å². The highest BCUT2D eigenvalue weighted by atomic mass is 16.3. The van der Waals surface area contributed by atoms with Crippen LogP contribution in [-0.2, 0) is 11.3 Å². The van der Waals surface area contributed by atoms with Crippen molar-refractivity contribution in [2.24, 2.45) is 0 Å². The highest BCUT2D eigenvalue weighted by Crippen LogP contribution is 2.26. The number of benzene rings is 2. The minimum Gasteiger partial charge on any atom is -0.507 e. The molecule has 3 N–H and O–H groups in total. The Morgan fingerprint density at radius 1 is 1.18 bits per heavy atom. The van der Waals surface area contributed by atoms with Gasteiger partial charge in [0.15, 0.2) is 6.54 Å². The number of hydrogen-bond acceptors (Lipinski definition) is 2. The molecule has 4 heteroatoms. The van der Waals surface area contributed by atoms with Gasteiger partial charge in [-0.25, -0.2) is 0 Å². The average Bonchev–Trinajstić information content (AvgIpc) is 2.39. The standard InChI is InChI=1S/C18H24N2O2/c1-18(2,3)19-17(22)12-20(4)11-15-14-8-6-5-7-13(14)9-10-16(15)21/h5-10,21H,11-12H2,1-4H3,(H,19,22)/p+1. The van der Waals surface area contributed by atoms with Crippen LogP contribution in [0.15, 0.2) is 36.4 Å². The molecule has 1 unspecified atom stereocenters. The molecule has 0 saturated carbocycles. The van der Waals surface area contributed by atoms with Crippen molar-refractivity contribution in [3.63, 3.8) is 0 Å². The van der Waals surface area contributed by atoms with Crippen molar-refractivity contribution in [2.45, 2.75) is 32.9 Å². The predicted molar refractivity (Wildman–Crippen MR) is 89.0 cm³/mol. The van der Waals surface area contributed by atoms with E-state index in [1.165, 1.54) is 0 Å². The summed E-state index contributed by atoms with van der Waals surface area (Å²) in [5.41, 5.74) is 0.665. The molecule has 1 amide bonds. The van der Waals surface area contributed by atoms with Crippen molar-refractivity contribution in [3.05, 3.63) is 42.0 Å². The molecule has 1 atom stereocenters.